The molecular formula is C22H31N3O3. The Labute approximate surface area is 167 Å². The van der Waals surface area contributed by atoms with Crippen LogP contribution in [0.5, 0.6) is 0 Å². The largest absolute Gasteiger partial charge is 0.338 e. The SMILES string of the molecule is CCCc1ccc(C2(C)NC(=O)N(CC(=O)N3CCCCC3CC)C2=O)cc1. The fourth-order valence-corrected chi connectivity index (χ4v) is 4.31. The van der Waals surface area contributed by atoms with Gasteiger partial charge in [-0.15, -0.1) is 0 Å². The Morgan fingerprint density at radius 1 is 1.18 bits per heavy atom. The number of imide groups is 1. The molecule has 2 fully saturated rings. The van der Waals surface area contributed by atoms with Crippen molar-refractivity contribution in [2.45, 2.75) is 70.9 Å². The Balaban J connectivity index is 1.74. The van der Waals surface area contributed by atoms with E-state index in [2.05, 4.69) is 19.2 Å². The zero-order valence-corrected chi connectivity index (χ0v) is 17.2. The summed E-state index contributed by atoms with van der Waals surface area (Å²) in [5.74, 6) is -0.503. The molecular weight excluding hydrogens is 354 g/mol. The molecule has 6 heteroatoms. The van der Waals surface area contributed by atoms with Crippen LogP contribution in [0.25, 0.3) is 0 Å². The van der Waals surface area contributed by atoms with E-state index in [9.17, 15) is 14.4 Å². The van der Waals surface area contributed by atoms with E-state index < -0.39 is 11.6 Å². The monoisotopic (exact) mass is 385 g/mol. The van der Waals surface area contributed by atoms with E-state index in [-0.39, 0.29) is 24.4 Å². The molecule has 6 nitrogen and oxygen atoms in total. The zero-order chi connectivity index (χ0) is 20.3. The first-order valence-corrected chi connectivity index (χ1v) is 10.4. The molecule has 0 aliphatic carbocycles. The standard InChI is InChI=1S/C22H31N3O3/c1-4-8-16-10-12-17(13-11-16)22(3)20(27)25(21(28)23-22)15-19(26)24-14-7-6-9-18(24)5-2/h10-13,18H,4-9,14-15H2,1-3H3,(H,23,28). The lowest BCUT2D eigenvalue weighted by Crippen LogP contribution is -2.49. The fraction of sp³-hybridized carbons (Fsp3) is 0.591. The first-order chi connectivity index (χ1) is 13.4. The van der Waals surface area contributed by atoms with Gasteiger partial charge in [-0.3, -0.25) is 14.5 Å². The lowest BCUT2D eigenvalue weighted by molar-refractivity contribution is -0.141. The molecule has 1 aromatic carbocycles. The van der Waals surface area contributed by atoms with Crippen molar-refractivity contribution < 1.29 is 14.4 Å². The Kier molecular flexibility index (Phi) is 6.06. The second-order valence-electron chi connectivity index (χ2n) is 8.04. The first-order valence-electron chi connectivity index (χ1n) is 10.4. The maximum absolute atomic E-state index is 13.1. The number of nitrogens with zero attached hydrogens (tertiary/aromatic N) is 2. The van der Waals surface area contributed by atoms with E-state index in [1.54, 1.807) is 6.92 Å². The molecule has 0 saturated carbocycles. The number of aryl methyl sites for hydroxylation is 1. The van der Waals surface area contributed by atoms with E-state index >= 15 is 0 Å². The van der Waals surface area contributed by atoms with E-state index in [0.29, 0.717) is 6.54 Å². The third kappa shape index (κ3) is 3.77. The van der Waals surface area contributed by atoms with Gasteiger partial charge in [0.15, 0.2) is 0 Å². The number of benzene rings is 1. The van der Waals surface area contributed by atoms with Gasteiger partial charge in [0.2, 0.25) is 5.91 Å². The molecule has 4 amide bonds. The van der Waals surface area contributed by atoms with Crippen molar-refractivity contribution in [3.05, 3.63) is 35.4 Å². The number of hydrogen-bond donors (Lipinski definition) is 1. The highest BCUT2D eigenvalue weighted by atomic mass is 16.2. The predicted molar refractivity (Wildman–Crippen MR) is 108 cm³/mol. The fourth-order valence-electron chi connectivity index (χ4n) is 4.31. The van der Waals surface area contributed by atoms with E-state index in [1.165, 1.54) is 5.56 Å². The van der Waals surface area contributed by atoms with Crippen molar-refractivity contribution in [3.63, 3.8) is 0 Å². The normalized spacial score (nSPS) is 25.2. The Morgan fingerprint density at radius 2 is 1.89 bits per heavy atom. The first kappa shape index (κ1) is 20.4. The Bertz CT molecular complexity index is 746. The maximum atomic E-state index is 13.1. The summed E-state index contributed by atoms with van der Waals surface area (Å²) in [6.07, 6.45) is 6.02. The molecule has 2 unspecified atom stereocenters. The highest BCUT2D eigenvalue weighted by Crippen LogP contribution is 2.29. The Hall–Kier alpha value is -2.37. The van der Waals surface area contributed by atoms with Crippen LogP contribution in [0.2, 0.25) is 0 Å². The summed E-state index contributed by atoms with van der Waals surface area (Å²) in [4.78, 5) is 41.4. The van der Waals surface area contributed by atoms with Gasteiger partial charge in [-0.05, 0) is 50.2 Å². The molecule has 0 spiro atoms. The molecule has 1 N–H and O–H groups in total. The van der Waals surface area contributed by atoms with Crippen molar-refractivity contribution in [1.82, 2.24) is 15.1 Å². The third-order valence-electron chi connectivity index (χ3n) is 6.06. The third-order valence-corrected chi connectivity index (χ3v) is 6.06. The van der Waals surface area contributed by atoms with Crippen molar-refractivity contribution in [2.75, 3.05) is 13.1 Å². The van der Waals surface area contributed by atoms with Crippen LogP contribution >= 0.6 is 0 Å². The molecule has 28 heavy (non-hydrogen) atoms. The minimum Gasteiger partial charge on any atom is -0.338 e. The van der Waals surface area contributed by atoms with Crippen LogP contribution in [0.3, 0.4) is 0 Å². The van der Waals surface area contributed by atoms with Crippen molar-refractivity contribution in [2.24, 2.45) is 0 Å². The van der Waals surface area contributed by atoms with Gasteiger partial charge in [-0.2, -0.15) is 0 Å². The average Bonchev–Trinajstić information content (AvgIpc) is 2.92. The minimum absolute atomic E-state index is 0.141. The van der Waals surface area contributed by atoms with E-state index in [1.807, 2.05) is 29.2 Å². The van der Waals surface area contributed by atoms with Gasteiger partial charge >= 0.3 is 6.03 Å². The summed E-state index contributed by atoms with van der Waals surface area (Å²) < 4.78 is 0. The van der Waals surface area contributed by atoms with Gasteiger partial charge in [0.05, 0.1) is 0 Å². The second-order valence-corrected chi connectivity index (χ2v) is 8.04. The molecule has 2 atom stereocenters. The van der Waals surface area contributed by atoms with Crippen LogP contribution < -0.4 is 5.32 Å². The van der Waals surface area contributed by atoms with Crippen LogP contribution in [-0.2, 0) is 21.5 Å². The predicted octanol–water partition coefficient (Wildman–Crippen LogP) is 3.20. The summed E-state index contributed by atoms with van der Waals surface area (Å²) >= 11 is 0. The van der Waals surface area contributed by atoms with Gasteiger partial charge < -0.3 is 10.2 Å². The molecule has 2 aliphatic heterocycles. The van der Waals surface area contributed by atoms with Crippen LogP contribution in [0, 0.1) is 0 Å². The van der Waals surface area contributed by atoms with Crippen molar-refractivity contribution in [1.29, 1.82) is 0 Å². The quantitative estimate of drug-likeness (QED) is 0.765. The molecule has 3 rings (SSSR count). The summed E-state index contributed by atoms with van der Waals surface area (Å²) in [5.41, 5.74) is 0.813. The number of urea groups is 1. The molecule has 2 heterocycles. The summed E-state index contributed by atoms with van der Waals surface area (Å²) in [7, 11) is 0. The highest BCUT2D eigenvalue weighted by molar-refractivity contribution is 6.09. The van der Waals surface area contributed by atoms with Gasteiger partial charge in [0.1, 0.15) is 12.1 Å². The maximum Gasteiger partial charge on any atom is 0.325 e. The molecule has 0 bridgehead atoms. The topological polar surface area (TPSA) is 69.7 Å². The summed E-state index contributed by atoms with van der Waals surface area (Å²) in [5, 5.41) is 2.80. The number of carbonyl (C=O) groups is 3. The number of hydrogen-bond acceptors (Lipinski definition) is 3. The van der Waals surface area contributed by atoms with Crippen LogP contribution in [0.1, 0.15) is 64.0 Å². The van der Waals surface area contributed by atoms with Crippen molar-refractivity contribution >= 4 is 17.8 Å². The minimum atomic E-state index is -1.13. The Morgan fingerprint density at radius 3 is 2.54 bits per heavy atom. The van der Waals surface area contributed by atoms with Gasteiger partial charge in [-0.25, -0.2) is 4.79 Å². The smallest absolute Gasteiger partial charge is 0.325 e. The second kappa shape index (κ2) is 8.33. The number of amides is 4. The number of nitrogens with one attached hydrogen (secondary N) is 1. The van der Waals surface area contributed by atoms with Crippen LogP contribution in [-0.4, -0.2) is 46.8 Å². The van der Waals surface area contributed by atoms with E-state index in [4.69, 9.17) is 0 Å². The number of likely N-dealkylation sites (tertiary alicyclic amines) is 1. The molecule has 0 aromatic heterocycles. The average molecular weight is 386 g/mol. The number of carbonyl (C=O) groups excluding carboxylic acids is 3. The molecule has 152 valence electrons. The lowest BCUT2D eigenvalue weighted by atomic mass is 9.91. The molecule has 2 saturated heterocycles. The lowest BCUT2D eigenvalue weighted by Gasteiger charge is -2.36. The number of piperidine rings is 1. The van der Waals surface area contributed by atoms with Crippen LogP contribution in [0.4, 0.5) is 4.79 Å². The van der Waals surface area contributed by atoms with Crippen LogP contribution in [0.15, 0.2) is 24.3 Å². The highest BCUT2D eigenvalue weighted by Gasteiger charge is 2.49. The van der Waals surface area contributed by atoms with Crippen molar-refractivity contribution in [3.8, 4) is 0 Å². The van der Waals surface area contributed by atoms with Gasteiger partial charge in [0, 0.05) is 12.6 Å². The molecule has 2 aliphatic rings. The summed E-state index contributed by atoms with van der Waals surface area (Å²) in [6.45, 7) is 6.42. The molecule has 1 aromatic rings. The van der Waals surface area contributed by atoms with Gasteiger partial charge in [-0.1, -0.05) is 44.5 Å². The van der Waals surface area contributed by atoms with Gasteiger partial charge in [0.25, 0.3) is 5.91 Å². The number of rotatable bonds is 6. The molecule has 0 radical (unpaired) electrons. The summed E-state index contributed by atoms with van der Waals surface area (Å²) in [6, 6.07) is 7.50. The van der Waals surface area contributed by atoms with E-state index in [0.717, 1.165) is 49.0 Å². The zero-order valence-electron chi connectivity index (χ0n) is 17.2.